The highest BCUT2D eigenvalue weighted by Gasteiger charge is 2.36. The minimum atomic E-state index is -3.22. The van der Waals surface area contributed by atoms with Gasteiger partial charge in [-0.3, -0.25) is 0 Å². The zero-order valence-electron chi connectivity index (χ0n) is 14.3. The fourth-order valence-electron chi connectivity index (χ4n) is 3.13. The van der Waals surface area contributed by atoms with E-state index in [1.807, 2.05) is 0 Å². The van der Waals surface area contributed by atoms with Gasteiger partial charge in [-0.25, -0.2) is 17.6 Å². The van der Waals surface area contributed by atoms with E-state index in [0.717, 1.165) is 0 Å². The predicted molar refractivity (Wildman–Crippen MR) is 95.6 cm³/mol. The molecule has 1 aliphatic rings. The second kappa shape index (κ2) is 7.55. The Hall–Kier alpha value is -2.25. The maximum absolute atomic E-state index is 13.3. The summed E-state index contributed by atoms with van der Waals surface area (Å²) in [6.07, 6.45) is 1.87. The SMILES string of the molecule is CS(=O)(=O)[C@@H]1CCN(OC(=O)c2ccccc2)[C@H](c2ccc(F)cc2)C1. The molecule has 5 nitrogen and oxygen atoms in total. The maximum Gasteiger partial charge on any atom is 0.357 e. The molecule has 0 amide bonds. The highest BCUT2D eigenvalue weighted by atomic mass is 32.2. The molecule has 7 heteroatoms. The van der Waals surface area contributed by atoms with Gasteiger partial charge in [0.05, 0.1) is 16.9 Å². The van der Waals surface area contributed by atoms with Crippen molar-refractivity contribution in [2.75, 3.05) is 12.8 Å². The lowest BCUT2D eigenvalue weighted by atomic mass is 9.96. The molecule has 1 heterocycles. The van der Waals surface area contributed by atoms with E-state index in [4.69, 9.17) is 4.84 Å². The first kappa shape index (κ1) is 18.5. The van der Waals surface area contributed by atoms with Crippen molar-refractivity contribution in [3.05, 3.63) is 71.5 Å². The molecule has 0 bridgehead atoms. The third-order valence-corrected chi connectivity index (χ3v) is 6.21. The van der Waals surface area contributed by atoms with Crippen LogP contribution in [0.5, 0.6) is 0 Å². The summed E-state index contributed by atoms with van der Waals surface area (Å²) in [7, 11) is -3.22. The van der Waals surface area contributed by atoms with Crippen molar-refractivity contribution in [1.82, 2.24) is 5.06 Å². The van der Waals surface area contributed by atoms with Gasteiger partial charge in [0.25, 0.3) is 0 Å². The number of nitrogens with zero attached hydrogens (tertiary/aromatic N) is 1. The molecular formula is C19H20FNO4S. The van der Waals surface area contributed by atoms with Crippen molar-refractivity contribution in [3.8, 4) is 0 Å². The highest BCUT2D eigenvalue weighted by molar-refractivity contribution is 7.91. The van der Waals surface area contributed by atoms with Crippen molar-refractivity contribution < 1.29 is 22.4 Å². The Morgan fingerprint density at radius 3 is 2.38 bits per heavy atom. The molecule has 0 aromatic heterocycles. The number of rotatable bonds is 4. The normalized spacial score (nSPS) is 21.3. The molecule has 0 aliphatic carbocycles. The van der Waals surface area contributed by atoms with Crippen molar-refractivity contribution in [3.63, 3.8) is 0 Å². The number of piperidine rings is 1. The zero-order chi connectivity index (χ0) is 18.7. The number of carbonyl (C=O) groups is 1. The smallest absolute Gasteiger partial charge is 0.357 e. The Morgan fingerprint density at radius 2 is 1.77 bits per heavy atom. The molecule has 1 aliphatic heterocycles. The van der Waals surface area contributed by atoms with Crippen LogP contribution < -0.4 is 0 Å². The van der Waals surface area contributed by atoms with Crippen molar-refractivity contribution in [2.24, 2.45) is 0 Å². The van der Waals surface area contributed by atoms with Gasteiger partial charge in [0.2, 0.25) is 0 Å². The summed E-state index contributed by atoms with van der Waals surface area (Å²) in [6, 6.07) is 14.0. The number of carbonyl (C=O) groups excluding carboxylic acids is 1. The van der Waals surface area contributed by atoms with E-state index >= 15 is 0 Å². The predicted octanol–water partition coefficient (Wildman–Crippen LogP) is 3.15. The quantitative estimate of drug-likeness (QED) is 0.819. The van der Waals surface area contributed by atoms with E-state index in [1.54, 1.807) is 42.5 Å². The number of sulfone groups is 1. The molecule has 0 N–H and O–H groups in total. The average Bonchev–Trinajstić information content (AvgIpc) is 2.62. The minimum Gasteiger partial charge on any atom is -0.363 e. The monoisotopic (exact) mass is 377 g/mol. The van der Waals surface area contributed by atoms with Crippen LogP contribution in [0.1, 0.15) is 34.8 Å². The molecule has 0 saturated carbocycles. The molecule has 2 atom stereocenters. The molecule has 1 saturated heterocycles. The summed E-state index contributed by atoms with van der Waals surface area (Å²) >= 11 is 0. The summed E-state index contributed by atoms with van der Waals surface area (Å²) < 4.78 is 37.2. The average molecular weight is 377 g/mol. The molecule has 0 spiro atoms. The van der Waals surface area contributed by atoms with E-state index in [-0.39, 0.29) is 12.2 Å². The first-order valence-electron chi connectivity index (χ1n) is 8.33. The van der Waals surface area contributed by atoms with E-state index in [2.05, 4.69) is 0 Å². The first-order valence-corrected chi connectivity index (χ1v) is 10.3. The third kappa shape index (κ3) is 4.28. The highest BCUT2D eigenvalue weighted by Crippen LogP contribution is 2.34. The van der Waals surface area contributed by atoms with E-state index in [9.17, 15) is 17.6 Å². The third-order valence-electron chi connectivity index (χ3n) is 4.58. The molecule has 0 unspecified atom stereocenters. The van der Waals surface area contributed by atoms with E-state index < -0.39 is 27.1 Å². The van der Waals surface area contributed by atoms with Crippen LogP contribution in [0, 0.1) is 5.82 Å². The fourth-order valence-corrected chi connectivity index (χ4v) is 4.20. The van der Waals surface area contributed by atoms with Crippen molar-refractivity contribution in [1.29, 1.82) is 0 Å². The van der Waals surface area contributed by atoms with Crippen molar-refractivity contribution in [2.45, 2.75) is 24.1 Å². The second-order valence-electron chi connectivity index (χ2n) is 6.43. The Labute approximate surface area is 152 Å². The molecule has 1 fully saturated rings. The summed E-state index contributed by atoms with van der Waals surface area (Å²) in [6.45, 7) is 0.290. The zero-order valence-corrected chi connectivity index (χ0v) is 15.2. The maximum atomic E-state index is 13.3. The Kier molecular flexibility index (Phi) is 5.38. The Balaban J connectivity index is 1.84. The van der Waals surface area contributed by atoms with Crippen LogP contribution in [0.15, 0.2) is 54.6 Å². The van der Waals surface area contributed by atoms with Crippen LogP contribution in [-0.2, 0) is 14.7 Å². The molecule has 26 heavy (non-hydrogen) atoms. The number of hydrogen-bond donors (Lipinski definition) is 0. The van der Waals surface area contributed by atoms with Crippen LogP contribution in [0.25, 0.3) is 0 Å². The van der Waals surface area contributed by atoms with Crippen LogP contribution >= 0.6 is 0 Å². The van der Waals surface area contributed by atoms with Crippen LogP contribution in [-0.4, -0.2) is 37.5 Å². The summed E-state index contributed by atoms with van der Waals surface area (Å²) in [5.74, 6) is -0.882. The summed E-state index contributed by atoms with van der Waals surface area (Å²) in [5.41, 5.74) is 1.12. The molecule has 0 radical (unpaired) electrons. The summed E-state index contributed by atoms with van der Waals surface area (Å²) in [4.78, 5) is 17.9. The minimum absolute atomic E-state index is 0.284. The van der Waals surface area contributed by atoms with Crippen LogP contribution in [0.3, 0.4) is 0 Å². The van der Waals surface area contributed by atoms with Gasteiger partial charge in [0.1, 0.15) is 15.7 Å². The standard InChI is InChI=1S/C19H20FNO4S/c1-26(23,24)17-11-12-21(25-19(22)15-5-3-2-4-6-15)18(13-17)14-7-9-16(20)10-8-14/h2-10,17-18H,11-13H2,1H3/t17-,18+/m1/s1. The van der Waals surface area contributed by atoms with Gasteiger partial charge in [-0.05, 0) is 42.7 Å². The van der Waals surface area contributed by atoms with Gasteiger partial charge in [-0.1, -0.05) is 30.3 Å². The summed E-state index contributed by atoms with van der Waals surface area (Å²) in [5, 5.41) is 0.980. The van der Waals surface area contributed by atoms with E-state index in [1.165, 1.54) is 23.5 Å². The molecule has 3 rings (SSSR count). The van der Waals surface area contributed by atoms with Gasteiger partial charge >= 0.3 is 5.97 Å². The van der Waals surface area contributed by atoms with Crippen molar-refractivity contribution >= 4 is 15.8 Å². The van der Waals surface area contributed by atoms with Gasteiger partial charge in [-0.15, -0.1) is 5.06 Å². The topological polar surface area (TPSA) is 63.7 Å². The Morgan fingerprint density at radius 1 is 1.12 bits per heavy atom. The van der Waals surface area contributed by atoms with Gasteiger partial charge < -0.3 is 4.84 Å². The van der Waals surface area contributed by atoms with Gasteiger partial charge in [-0.2, -0.15) is 0 Å². The largest absolute Gasteiger partial charge is 0.363 e. The second-order valence-corrected chi connectivity index (χ2v) is 8.75. The lowest BCUT2D eigenvalue weighted by Crippen LogP contribution is -2.42. The molecular weight excluding hydrogens is 357 g/mol. The first-order chi connectivity index (χ1) is 12.3. The number of halogens is 1. The van der Waals surface area contributed by atoms with Gasteiger partial charge in [0, 0.05) is 12.8 Å². The van der Waals surface area contributed by atoms with Crippen LogP contribution in [0.4, 0.5) is 4.39 Å². The van der Waals surface area contributed by atoms with E-state index in [0.29, 0.717) is 24.1 Å². The molecule has 2 aromatic rings. The number of hydroxylamine groups is 2. The number of hydrogen-bond acceptors (Lipinski definition) is 5. The Bertz CT molecular complexity index is 868. The molecule has 138 valence electrons. The molecule has 2 aromatic carbocycles. The van der Waals surface area contributed by atoms with Crippen LogP contribution in [0.2, 0.25) is 0 Å². The lowest BCUT2D eigenvalue weighted by molar-refractivity contribution is -0.152. The fraction of sp³-hybridized carbons (Fsp3) is 0.316. The lowest BCUT2D eigenvalue weighted by Gasteiger charge is -2.37. The number of benzene rings is 2. The van der Waals surface area contributed by atoms with Gasteiger partial charge in [0.15, 0.2) is 0 Å².